The van der Waals surface area contributed by atoms with Gasteiger partial charge in [0.15, 0.2) is 0 Å². The average Bonchev–Trinajstić information content (AvgIpc) is 3.55. The van der Waals surface area contributed by atoms with E-state index in [2.05, 4.69) is 11.4 Å². The minimum absolute atomic E-state index is 0.0357. The third kappa shape index (κ3) is 5.29. The number of amides is 2. The highest BCUT2D eigenvalue weighted by atomic mass is 35.5. The van der Waals surface area contributed by atoms with E-state index in [0.717, 1.165) is 24.8 Å². The van der Waals surface area contributed by atoms with Crippen LogP contribution < -0.4 is 4.74 Å². The first-order chi connectivity index (χ1) is 16.6. The van der Waals surface area contributed by atoms with E-state index >= 15 is 0 Å². The zero-order valence-electron chi connectivity index (χ0n) is 18.9. The molecule has 5 nitrogen and oxygen atoms in total. The van der Waals surface area contributed by atoms with E-state index in [0.29, 0.717) is 41.9 Å². The maximum absolute atomic E-state index is 13.6. The molecule has 0 spiro atoms. The summed E-state index contributed by atoms with van der Waals surface area (Å²) in [6.45, 7) is 1.69. The first kappa shape index (κ1) is 22.9. The van der Waals surface area contributed by atoms with E-state index in [-0.39, 0.29) is 24.4 Å². The van der Waals surface area contributed by atoms with E-state index in [4.69, 9.17) is 16.3 Å². The van der Waals surface area contributed by atoms with Gasteiger partial charge in [-0.05, 0) is 78.6 Å². The van der Waals surface area contributed by atoms with Crippen LogP contribution in [-0.2, 0) is 11.2 Å². The first-order valence-corrected chi connectivity index (χ1v) is 12.9. The molecule has 1 atom stereocenters. The fraction of sp³-hybridized carbons (Fsp3) is 0.333. The lowest BCUT2D eigenvalue weighted by molar-refractivity contribution is -0.135. The van der Waals surface area contributed by atoms with Crippen LogP contribution in [0, 0.1) is 5.92 Å². The maximum atomic E-state index is 13.6. The molecule has 1 saturated carbocycles. The molecule has 1 aliphatic heterocycles. The molecule has 2 aromatic carbocycles. The van der Waals surface area contributed by atoms with Gasteiger partial charge in [-0.25, -0.2) is 0 Å². The summed E-state index contributed by atoms with van der Waals surface area (Å²) < 4.78 is 6.08. The highest BCUT2D eigenvalue weighted by Gasteiger charge is 2.35. The number of thiophene rings is 1. The Bertz CT molecular complexity index is 1140. The van der Waals surface area contributed by atoms with Crippen LogP contribution in [0.25, 0.3) is 0 Å². The minimum Gasteiger partial charge on any atom is -0.491 e. The van der Waals surface area contributed by atoms with Gasteiger partial charge >= 0.3 is 0 Å². The van der Waals surface area contributed by atoms with Gasteiger partial charge in [0.1, 0.15) is 18.9 Å². The molecule has 0 radical (unpaired) electrons. The van der Waals surface area contributed by atoms with E-state index < -0.39 is 0 Å². The fourth-order valence-corrected chi connectivity index (χ4v) is 5.48. The zero-order chi connectivity index (χ0) is 23.5. The Kier molecular flexibility index (Phi) is 6.88. The second-order valence-electron chi connectivity index (χ2n) is 8.91. The van der Waals surface area contributed by atoms with Gasteiger partial charge in [0.2, 0.25) is 5.91 Å². The van der Waals surface area contributed by atoms with E-state index in [1.165, 1.54) is 4.88 Å². The van der Waals surface area contributed by atoms with Crippen molar-refractivity contribution in [3.8, 4) is 5.75 Å². The van der Waals surface area contributed by atoms with Crippen LogP contribution in [0.3, 0.4) is 0 Å². The molecule has 34 heavy (non-hydrogen) atoms. The van der Waals surface area contributed by atoms with Crippen molar-refractivity contribution in [2.24, 2.45) is 5.92 Å². The standard InChI is InChI=1S/C27H27ClN2O3S/c28-21-8-10-22(11-9-21)33-18-24-23-13-15-34-25(23)12-14-30(24)26(31)17-29(16-19-6-7-19)27(32)20-4-2-1-3-5-20/h1-5,8-11,13,15,19,24H,6-7,12,14,16-18H2/t24-/m0/s1. The largest absolute Gasteiger partial charge is 0.491 e. The molecule has 1 aliphatic carbocycles. The molecule has 1 aromatic heterocycles. The smallest absolute Gasteiger partial charge is 0.254 e. The molecule has 5 rings (SSSR count). The van der Waals surface area contributed by atoms with Crippen molar-refractivity contribution < 1.29 is 14.3 Å². The van der Waals surface area contributed by atoms with Gasteiger partial charge in [0, 0.05) is 28.6 Å². The molecular weight excluding hydrogens is 468 g/mol. The Morgan fingerprint density at radius 2 is 1.82 bits per heavy atom. The van der Waals surface area contributed by atoms with Crippen LogP contribution >= 0.6 is 22.9 Å². The van der Waals surface area contributed by atoms with E-state index in [9.17, 15) is 9.59 Å². The summed E-state index contributed by atoms with van der Waals surface area (Å²) in [5.74, 6) is 1.10. The van der Waals surface area contributed by atoms with Crippen molar-refractivity contribution in [3.05, 3.63) is 87.1 Å². The second kappa shape index (κ2) is 10.2. The zero-order valence-corrected chi connectivity index (χ0v) is 20.4. The normalized spacial score (nSPS) is 17.2. The number of rotatable bonds is 8. The Balaban J connectivity index is 1.33. The molecule has 0 unspecified atom stereocenters. The lowest BCUT2D eigenvalue weighted by Crippen LogP contribution is -2.48. The summed E-state index contributed by atoms with van der Waals surface area (Å²) in [6, 6.07) is 18.4. The van der Waals surface area contributed by atoms with Gasteiger partial charge in [0.05, 0.1) is 6.04 Å². The fourth-order valence-electron chi connectivity index (χ4n) is 4.43. The number of ether oxygens (including phenoxy) is 1. The molecule has 2 heterocycles. The van der Waals surface area contributed by atoms with Crippen LogP contribution in [0.1, 0.15) is 39.7 Å². The molecule has 0 saturated heterocycles. The molecule has 1 fully saturated rings. The molecular formula is C27H27ClN2O3S. The predicted molar refractivity (Wildman–Crippen MR) is 134 cm³/mol. The van der Waals surface area contributed by atoms with Crippen LogP contribution in [-0.4, -0.2) is 47.9 Å². The molecule has 0 bridgehead atoms. The number of halogens is 1. The van der Waals surface area contributed by atoms with Crippen LogP contribution in [0.5, 0.6) is 5.75 Å². The minimum atomic E-state index is -0.187. The first-order valence-electron chi connectivity index (χ1n) is 11.7. The molecule has 176 valence electrons. The summed E-state index contributed by atoms with van der Waals surface area (Å²) in [4.78, 5) is 31.8. The SMILES string of the molecule is O=C(c1ccccc1)N(CC(=O)N1CCc2sccc2[C@@H]1COc1ccc(Cl)cc1)CC1CC1. The van der Waals surface area contributed by atoms with Crippen molar-refractivity contribution >= 4 is 34.8 Å². The van der Waals surface area contributed by atoms with Crippen LogP contribution in [0.4, 0.5) is 0 Å². The van der Waals surface area contributed by atoms with E-state index in [1.54, 1.807) is 28.4 Å². The second-order valence-corrected chi connectivity index (χ2v) is 10.3. The third-order valence-corrected chi connectivity index (χ3v) is 7.69. The number of hydrogen-bond donors (Lipinski definition) is 0. The third-order valence-electron chi connectivity index (χ3n) is 6.45. The highest BCUT2D eigenvalue weighted by Crippen LogP contribution is 2.35. The lowest BCUT2D eigenvalue weighted by Gasteiger charge is -2.37. The molecule has 7 heteroatoms. The number of benzene rings is 2. The number of fused-ring (bicyclic) bond motifs is 1. The van der Waals surface area contributed by atoms with Crippen molar-refractivity contribution in [2.75, 3.05) is 26.2 Å². The summed E-state index contributed by atoms with van der Waals surface area (Å²) in [5, 5.41) is 2.73. The Hall–Kier alpha value is -2.83. The van der Waals surface area contributed by atoms with Crippen LogP contribution in [0.15, 0.2) is 66.0 Å². The lowest BCUT2D eigenvalue weighted by atomic mass is 10.0. The molecule has 2 amide bonds. The average molecular weight is 495 g/mol. The van der Waals surface area contributed by atoms with Crippen molar-refractivity contribution in [3.63, 3.8) is 0 Å². The number of carbonyl (C=O) groups excluding carboxylic acids is 2. The summed E-state index contributed by atoms with van der Waals surface area (Å²) >= 11 is 7.72. The Morgan fingerprint density at radius 1 is 1.06 bits per heavy atom. The number of carbonyl (C=O) groups is 2. The Morgan fingerprint density at radius 3 is 2.56 bits per heavy atom. The van der Waals surface area contributed by atoms with E-state index in [1.807, 2.05) is 47.4 Å². The molecule has 0 N–H and O–H groups in total. The molecule has 2 aliphatic rings. The number of nitrogens with zero attached hydrogens (tertiary/aromatic N) is 2. The summed E-state index contributed by atoms with van der Waals surface area (Å²) in [6.07, 6.45) is 3.06. The van der Waals surface area contributed by atoms with Gasteiger partial charge in [0.25, 0.3) is 5.91 Å². The highest BCUT2D eigenvalue weighted by molar-refractivity contribution is 7.10. The quantitative estimate of drug-likeness (QED) is 0.418. The van der Waals surface area contributed by atoms with Gasteiger partial charge in [-0.1, -0.05) is 29.8 Å². The predicted octanol–water partition coefficient (Wildman–Crippen LogP) is 5.46. The van der Waals surface area contributed by atoms with Crippen molar-refractivity contribution in [1.29, 1.82) is 0 Å². The topological polar surface area (TPSA) is 49.9 Å². The monoisotopic (exact) mass is 494 g/mol. The van der Waals surface area contributed by atoms with Crippen molar-refractivity contribution in [1.82, 2.24) is 9.80 Å². The van der Waals surface area contributed by atoms with Crippen molar-refractivity contribution in [2.45, 2.75) is 25.3 Å². The van der Waals surface area contributed by atoms with Gasteiger partial charge in [-0.15, -0.1) is 11.3 Å². The van der Waals surface area contributed by atoms with Gasteiger partial charge < -0.3 is 14.5 Å². The molecule has 3 aromatic rings. The summed E-state index contributed by atoms with van der Waals surface area (Å²) in [7, 11) is 0. The van der Waals surface area contributed by atoms with Gasteiger partial charge in [-0.2, -0.15) is 0 Å². The summed E-state index contributed by atoms with van der Waals surface area (Å²) in [5.41, 5.74) is 1.76. The number of hydrogen-bond acceptors (Lipinski definition) is 4. The van der Waals surface area contributed by atoms with Crippen LogP contribution in [0.2, 0.25) is 5.02 Å². The Labute approximate surface area is 208 Å². The maximum Gasteiger partial charge on any atom is 0.254 e. The van der Waals surface area contributed by atoms with Gasteiger partial charge in [-0.3, -0.25) is 9.59 Å².